The maximum absolute atomic E-state index is 1.58. The highest BCUT2D eigenvalue weighted by Crippen LogP contribution is 2.39. The van der Waals surface area contributed by atoms with Gasteiger partial charge in [0.25, 0.3) is 0 Å². The molecule has 2 aliphatic carbocycles. The first-order valence-electron chi connectivity index (χ1n) is 4.45. The number of hydrogen-bond acceptors (Lipinski definition) is 0. The summed E-state index contributed by atoms with van der Waals surface area (Å²) in [6.07, 6.45) is 10.9. The second-order valence-electron chi connectivity index (χ2n) is 3.83. The van der Waals surface area contributed by atoms with E-state index in [0.717, 1.165) is 11.8 Å². The minimum Gasteiger partial charge on any atom is -0.0530 e. The van der Waals surface area contributed by atoms with E-state index >= 15 is 0 Å². The van der Waals surface area contributed by atoms with Gasteiger partial charge in [0.2, 0.25) is 0 Å². The van der Waals surface area contributed by atoms with Gasteiger partial charge in [-0.2, -0.15) is 0 Å². The van der Waals surface area contributed by atoms with Gasteiger partial charge >= 0.3 is 0 Å². The zero-order valence-electron chi connectivity index (χ0n) is 6.10. The SMILES string of the molecule is C1CC[C@@H]2CCC(C1)C2. The largest absolute Gasteiger partial charge is 0.0530 e. The molecule has 2 saturated carbocycles. The van der Waals surface area contributed by atoms with Crippen LogP contribution < -0.4 is 0 Å². The Morgan fingerprint density at radius 1 is 0.667 bits per heavy atom. The maximum atomic E-state index is 1.58. The Labute approximate surface area is 57.6 Å². The Balaban J connectivity index is 1.99. The van der Waals surface area contributed by atoms with E-state index in [9.17, 15) is 0 Å². The molecular formula is C9H16. The van der Waals surface area contributed by atoms with Gasteiger partial charge in [-0.3, -0.25) is 0 Å². The van der Waals surface area contributed by atoms with Gasteiger partial charge in [-0.1, -0.05) is 38.5 Å². The van der Waals surface area contributed by atoms with Crippen molar-refractivity contribution in [3.05, 3.63) is 0 Å². The summed E-state index contributed by atoms with van der Waals surface area (Å²) < 4.78 is 0. The predicted molar refractivity (Wildman–Crippen MR) is 39.3 cm³/mol. The highest BCUT2D eigenvalue weighted by Gasteiger charge is 2.26. The fourth-order valence-corrected chi connectivity index (χ4v) is 2.57. The van der Waals surface area contributed by atoms with Gasteiger partial charge in [0.15, 0.2) is 0 Å². The van der Waals surface area contributed by atoms with Gasteiger partial charge in [0.05, 0.1) is 0 Å². The van der Waals surface area contributed by atoms with E-state index in [1.807, 2.05) is 0 Å². The van der Waals surface area contributed by atoms with E-state index in [0.29, 0.717) is 0 Å². The summed E-state index contributed by atoms with van der Waals surface area (Å²) in [4.78, 5) is 0. The summed E-state index contributed by atoms with van der Waals surface area (Å²) in [6, 6.07) is 0. The van der Waals surface area contributed by atoms with Crippen molar-refractivity contribution >= 4 is 0 Å². The summed E-state index contributed by atoms with van der Waals surface area (Å²) in [7, 11) is 0. The molecule has 0 aromatic carbocycles. The van der Waals surface area contributed by atoms with Crippen molar-refractivity contribution in [3.8, 4) is 0 Å². The molecule has 0 spiro atoms. The molecule has 0 heterocycles. The van der Waals surface area contributed by atoms with Gasteiger partial charge in [0.1, 0.15) is 0 Å². The first-order chi connectivity index (χ1) is 4.45. The fraction of sp³-hybridized carbons (Fsp3) is 1.00. The van der Waals surface area contributed by atoms with E-state index in [4.69, 9.17) is 0 Å². The highest BCUT2D eigenvalue weighted by atomic mass is 14.3. The average Bonchev–Trinajstić information content (AvgIpc) is 2.09. The van der Waals surface area contributed by atoms with Crippen molar-refractivity contribution in [2.24, 2.45) is 11.8 Å². The molecule has 0 amide bonds. The molecule has 1 unspecified atom stereocenters. The predicted octanol–water partition coefficient (Wildman–Crippen LogP) is 2.98. The van der Waals surface area contributed by atoms with Crippen LogP contribution >= 0.6 is 0 Å². The number of hydrogen-bond donors (Lipinski definition) is 0. The normalized spacial score (nSPS) is 42.7. The van der Waals surface area contributed by atoms with Gasteiger partial charge in [-0.05, 0) is 18.3 Å². The third kappa shape index (κ3) is 1.12. The number of fused-ring (bicyclic) bond motifs is 2. The molecule has 2 atom stereocenters. The zero-order valence-corrected chi connectivity index (χ0v) is 6.10. The first-order valence-corrected chi connectivity index (χ1v) is 4.45. The molecule has 0 N–H and O–H groups in total. The Bertz CT molecular complexity index is 84.2. The fourth-order valence-electron chi connectivity index (χ4n) is 2.57. The van der Waals surface area contributed by atoms with Crippen molar-refractivity contribution in [3.63, 3.8) is 0 Å². The molecule has 52 valence electrons. The van der Waals surface area contributed by atoms with Crippen LogP contribution in [0.3, 0.4) is 0 Å². The molecule has 0 heteroatoms. The molecule has 0 nitrogen and oxygen atoms in total. The van der Waals surface area contributed by atoms with Crippen LogP contribution in [0.4, 0.5) is 0 Å². The Morgan fingerprint density at radius 2 is 1.22 bits per heavy atom. The Kier molecular flexibility index (Phi) is 1.48. The van der Waals surface area contributed by atoms with Crippen LogP contribution in [0.5, 0.6) is 0 Å². The second kappa shape index (κ2) is 2.32. The van der Waals surface area contributed by atoms with E-state index in [-0.39, 0.29) is 0 Å². The van der Waals surface area contributed by atoms with E-state index in [1.165, 1.54) is 12.8 Å². The molecule has 0 aromatic rings. The molecule has 0 aromatic heterocycles. The molecule has 2 bridgehead atoms. The topological polar surface area (TPSA) is 0 Å². The van der Waals surface area contributed by atoms with Crippen LogP contribution in [0, 0.1) is 11.8 Å². The lowest BCUT2D eigenvalue weighted by Crippen LogP contribution is -1.89. The summed E-state index contributed by atoms with van der Waals surface area (Å²) in [6.45, 7) is 0. The second-order valence-corrected chi connectivity index (χ2v) is 3.83. The summed E-state index contributed by atoms with van der Waals surface area (Å²) in [5.41, 5.74) is 0. The molecule has 9 heavy (non-hydrogen) atoms. The third-order valence-corrected chi connectivity index (χ3v) is 3.12. The van der Waals surface area contributed by atoms with Gasteiger partial charge in [0, 0.05) is 0 Å². The van der Waals surface area contributed by atoms with Crippen molar-refractivity contribution < 1.29 is 0 Å². The first kappa shape index (κ1) is 5.76. The highest BCUT2D eigenvalue weighted by molar-refractivity contribution is 4.78. The van der Waals surface area contributed by atoms with Crippen molar-refractivity contribution in [1.82, 2.24) is 0 Å². The molecule has 0 saturated heterocycles. The summed E-state index contributed by atoms with van der Waals surface area (Å²) in [5.74, 6) is 2.30. The molecular weight excluding hydrogens is 108 g/mol. The molecule has 2 rings (SSSR count). The zero-order chi connectivity index (χ0) is 6.10. The lowest BCUT2D eigenvalue weighted by atomic mass is 10.0. The lowest BCUT2D eigenvalue weighted by Gasteiger charge is -2.05. The van der Waals surface area contributed by atoms with Crippen molar-refractivity contribution in [1.29, 1.82) is 0 Å². The molecule has 0 aliphatic heterocycles. The van der Waals surface area contributed by atoms with E-state index in [2.05, 4.69) is 0 Å². The van der Waals surface area contributed by atoms with Crippen LogP contribution in [0.15, 0.2) is 0 Å². The van der Waals surface area contributed by atoms with E-state index < -0.39 is 0 Å². The van der Waals surface area contributed by atoms with Gasteiger partial charge < -0.3 is 0 Å². The molecule has 2 aliphatic rings. The Morgan fingerprint density at radius 3 is 1.78 bits per heavy atom. The van der Waals surface area contributed by atoms with Crippen LogP contribution in [0.2, 0.25) is 0 Å². The Hall–Kier alpha value is 0. The lowest BCUT2D eigenvalue weighted by molar-refractivity contribution is 0.486. The summed E-state index contributed by atoms with van der Waals surface area (Å²) >= 11 is 0. The van der Waals surface area contributed by atoms with Crippen LogP contribution in [-0.4, -0.2) is 0 Å². The minimum absolute atomic E-state index is 1.15. The monoisotopic (exact) mass is 124 g/mol. The van der Waals surface area contributed by atoms with Crippen LogP contribution in [-0.2, 0) is 0 Å². The molecule has 2 fully saturated rings. The minimum atomic E-state index is 1.15. The molecule has 0 radical (unpaired) electrons. The van der Waals surface area contributed by atoms with Crippen LogP contribution in [0.1, 0.15) is 44.9 Å². The smallest absolute Gasteiger partial charge is 0.0412 e. The quantitative estimate of drug-likeness (QED) is 0.465. The van der Waals surface area contributed by atoms with Crippen molar-refractivity contribution in [2.75, 3.05) is 0 Å². The maximum Gasteiger partial charge on any atom is -0.0412 e. The summed E-state index contributed by atoms with van der Waals surface area (Å²) in [5, 5.41) is 0. The number of rotatable bonds is 0. The average molecular weight is 124 g/mol. The van der Waals surface area contributed by atoms with E-state index in [1.54, 1.807) is 32.1 Å². The van der Waals surface area contributed by atoms with Crippen LogP contribution in [0.25, 0.3) is 0 Å². The third-order valence-electron chi connectivity index (χ3n) is 3.12. The van der Waals surface area contributed by atoms with Crippen molar-refractivity contribution in [2.45, 2.75) is 44.9 Å². The van der Waals surface area contributed by atoms with Gasteiger partial charge in [-0.15, -0.1) is 0 Å². The standard InChI is InChI=1S/C9H16/c1-2-4-9-6-5-8(3-1)7-9/h8-9H,1-7H2/t8-,9?/m1/s1. The van der Waals surface area contributed by atoms with Gasteiger partial charge in [-0.25, -0.2) is 0 Å².